The highest BCUT2D eigenvalue weighted by Crippen LogP contribution is 2.45. The van der Waals surface area contributed by atoms with Crippen molar-refractivity contribution >= 4 is 39.5 Å². The van der Waals surface area contributed by atoms with Crippen molar-refractivity contribution in [3.8, 4) is 0 Å². The molecule has 0 saturated heterocycles. The van der Waals surface area contributed by atoms with Crippen molar-refractivity contribution in [2.75, 3.05) is 39.6 Å². The Kier molecular flexibility index (Phi) is 64.6. The molecule has 93 heavy (non-hydrogen) atoms. The molecule has 0 saturated carbocycles. The number of ether oxygens (including phenoxy) is 4. The third-order valence-electron chi connectivity index (χ3n) is 17.6. The van der Waals surface area contributed by atoms with Crippen LogP contribution < -0.4 is 0 Å². The smallest absolute Gasteiger partial charge is 0.462 e. The molecule has 0 heterocycles. The van der Waals surface area contributed by atoms with Crippen molar-refractivity contribution in [2.24, 2.45) is 11.8 Å². The fraction of sp³-hybridized carbons (Fsp3) is 0.946. The first-order chi connectivity index (χ1) is 44.9. The number of rotatable bonds is 73. The topological polar surface area (TPSA) is 237 Å². The van der Waals surface area contributed by atoms with Crippen LogP contribution in [0.15, 0.2) is 0 Å². The van der Waals surface area contributed by atoms with Crippen LogP contribution in [0, 0.1) is 11.8 Å². The first kappa shape index (κ1) is 91.1. The fourth-order valence-electron chi connectivity index (χ4n) is 11.3. The number of hydrogen-bond acceptors (Lipinski definition) is 15. The van der Waals surface area contributed by atoms with Crippen molar-refractivity contribution in [1.29, 1.82) is 0 Å². The lowest BCUT2D eigenvalue weighted by molar-refractivity contribution is -0.161. The summed E-state index contributed by atoms with van der Waals surface area (Å²) >= 11 is 0. The van der Waals surface area contributed by atoms with Gasteiger partial charge in [-0.15, -0.1) is 0 Å². The van der Waals surface area contributed by atoms with E-state index in [0.717, 1.165) is 108 Å². The first-order valence-corrected chi connectivity index (χ1v) is 41.5. The molecule has 0 aliphatic carbocycles. The second-order valence-electron chi connectivity index (χ2n) is 27.4. The number of phosphoric ester groups is 2. The summed E-state index contributed by atoms with van der Waals surface area (Å²) in [4.78, 5) is 72.5. The van der Waals surface area contributed by atoms with Crippen LogP contribution in [0.2, 0.25) is 0 Å². The van der Waals surface area contributed by atoms with Gasteiger partial charge in [0.05, 0.1) is 26.4 Å². The van der Waals surface area contributed by atoms with Crippen molar-refractivity contribution in [1.82, 2.24) is 0 Å². The summed E-state index contributed by atoms with van der Waals surface area (Å²) in [6, 6.07) is 0. The molecule has 0 radical (unpaired) electrons. The van der Waals surface area contributed by atoms with Gasteiger partial charge in [0.15, 0.2) is 12.2 Å². The summed E-state index contributed by atoms with van der Waals surface area (Å²) in [6.45, 7) is 9.49. The fourth-order valence-corrected chi connectivity index (χ4v) is 12.8. The van der Waals surface area contributed by atoms with Crippen LogP contribution >= 0.6 is 15.6 Å². The van der Waals surface area contributed by atoms with Crippen LogP contribution in [0.4, 0.5) is 0 Å². The van der Waals surface area contributed by atoms with Crippen LogP contribution in [-0.2, 0) is 65.4 Å². The number of aliphatic hydroxyl groups excluding tert-OH is 1. The largest absolute Gasteiger partial charge is 0.472 e. The van der Waals surface area contributed by atoms with Crippen molar-refractivity contribution in [3.63, 3.8) is 0 Å². The molecule has 0 rings (SSSR count). The predicted octanol–water partition coefficient (Wildman–Crippen LogP) is 21.6. The second-order valence-corrected chi connectivity index (χ2v) is 30.3. The highest BCUT2D eigenvalue weighted by molar-refractivity contribution is 7.47. The van der Waals surface area contributed by atoms with Gasteiger partial charge >= 0.3 is 39.5 Å². The molecule has 0 bridgehead atoms. The van der Waals surface area contributed by atoms with Crippen LogP contribution in [-0.4, -0.2) is 96.7 Å². The molecule has 0 aromatic heterocycles. The SMILES string of the molecule is CCCCCCCCCCCCCCCCCCCCCCCCC(=O)O[C@H](COC(=O)CCCCCCCCCCCCC(C)C)COP(=O)(O)OC[C@@H](O)COP(=O)(O)OC[C@@H](COC(=O)CCCCCCCCCC)OC(=O)CCCCCCCCC(C)CC. The maximum Gasteiger partial charge on any atom is 0.472 e. The van der Waals surface area contributed by atoms with Gasteiger partial charge in [-0.3, -0.25) is 37.3 Å². The van der Waals surface area contributed by atoms with Gasteiger partial charge < -0.3 is 33.8 Å². The quantitative estimate of drug-likeness (QED) is 0.0222. The Morgan fingerprint density at radius 1 is 0.312 bits per heavy atom. The van der Waals surface area contributed by atoms with Gasteiger partial charge in [-0.25, -0.2) is 9.13 Å². The Morgan fingerprint density at radius 3 is 0.817 bits per heavy atom. The van der Waals surface area contributed by atoms with Crippen LogP contribution in [0.5, 0.6) is 0 Å². The number of carbonyl (C=O) groups excluding carboxylic acids is 4. The number of aliphatic hydroxyl groups is 1. The Hall–Kier alpha value is -1.94. The lowest BCUT2D eigenvalue weighted by Gasteiger charge is -2.21. The average Bonchev–Trinajstić information content (AvgIpc) is 3.07. The summed E-state index contributed by atoms with van der Waals surface area (Å²) in [6.07, 6.45) is 53.1. The third-order valence-corrected chi connectivity index (χ3v) is 19.5. The molecule has 552 valence electrons. The van der Waals surface area contributed by atoms with E-state index in [1.165, 1.54) is 193 Å². The molecule has 0 fully saturated rings. The first-order valence-electron chi connectivity index (χ1n) is 38.5. The van der Waals surface area contributed by atoms with E-state index >= 15 is 0 Å². The molecular weight excluding hydrogens is 1220 g/mol. The van der Waals surface area contributed by atoms with Gasteiger partial charge in [-0.1, -0.05) is 330 Å². The Morgan fingerprint density at radius 2 is 0.548 bits per heavy atom. The summed E-state index contributed by atoms with van der Waals surface area (Å²) in [7, 11) is -9.90. The van der Waals surface area contributed by atoms with Gasteiger partial charge in [-0.2, -0.15) is 0 Å². The maximum absolute atomic E-state index is 13.1. The highest BCUT2D eigenvalue weighted by atomic mass is 31.2. The zero-order chi connectivity index (χ0) is 68.6. The Labute approximate surface area is 568 Å². The summed E-state index contributed by atoms with van der Waals surface area (Å²) < 4.78 is 68.3. The van der Waals surface area contributed by atoms with E-state index in [4.69, 9.17) is 37.0 Å². The molecule has 0 amide bonds. The van der Waals surface area contributed by atoms with Crippen LogP contribution in [0.1, 0.15) is 382 Å². The zero-order valence-corrected chi connectivity index (χ0v) is 62.3. The van der Waals surface area contributed by atoms with E-state index in [1.807, 2.05) is 0 Å². The Balaban J connectivity index is 5.15. The van der Waals surface area contributed by atoms with Gasteiger partial charge in [-0.05, 0) is 37.5 Å². The molecular formula is C74H144O17P2. The molecule has 0 aliphatic rings. The molecule has 0 aromatic carbocycles. The number of esters is 4. The lowest BCUT2D eigenvalue weighted by Crippen LogP contribution is -2.30. The van der Waals surface area contributed by atoms with E-state index in [2.05, 4.69) is 41.5 Å². The summed E-state index contributed by atoms with van der Waals surface area (Å²) in [5.41, 5.74) is 0. The molecule has 3 unspecified atom stereocenters. The van der Waals surface area contributed by atoms with Gasteiger partial charge in [0.2, 0.25) is 0 Å². The lowest BCUT2D eigenvalue weighted by atomic mass is 10.00. The number of hydrogen-bond donors (Lipinski definition) is 3. The van der Waals surface area contributed by atoms with E-state index in [0.29, 0.717) is 25.7 Å². The molecule has 0 aliphatic heterocycles. The minimum atomic E-state index is -4.95. The normalized spacial score (nSPS) is 14.3. The highest BCUT2D eigenvalue weighted by Gasteiger charge is 2.30. The van der Waals surface area contributed by atoms with Crippen molar-refractivity contribution in [3.05, 3.63) is 0 Å². The van der Waals surface area contributed by atoms with Gasteiger partial charge in [0.25, 0.3) is 0 Å². The number of unbranched alkanes of at least 4 members (excludes halogenated alkanes) is 42. The van der Waals surface area contributed by atoms with E-state index in [9.17, 15) is 43.2 Å². The Bertz CT molecular complexity index is 1810. The molecule has 0 aromatic rings. The molecule has 17 nitrogen and oxygen atoms in total. The third kappa shape index (κ3) is 67.0. The van der Waals surface area contributed by atoms with E-state index < -0.39 is 97.5 Å². The second kappa shape index (κ2) is 66.0. The monoisotopic (exact) mass is 1370 g/mol. The maximum atomic E-state index is 13.1. The van der Waals surface area contributed by atoms with E-state index in [1.54, 1.807) is 0 Å². The van der Waals surface area contributed by atoms with Crippen LogP contribution in [0.3, 0.4) is 0 Å². The summed E-state index contributed by atoms with van der Waals surface area (Å²) in [5, 5.41) is 10.6. The average molecular weight is 1370 g/mol. The van der Waals surface area contributed by atoms with Crippen LogP contribution in [0.25, 0.3) is 0 Å². The van der Waals surface area contributed by atoms with Gasteiger partial charge in [0, 0.05) is 25.7 Å². The standard InChI is InChI=1S/C74H144O17P2/c1-7-10-12-14-16-18-19-20-21-22-23-24-25-26-27-28-29-30-35-39-46-52-58-73(78)90-69(62-85-72(77)57-51-45-38-34-32-31-33-36-42-48-54-66(4)5)64-88-92(80,81)86-60-68(75)61-87-93(82,83)89-65-70(63-84-71(76)56-50-44-37-17-15-13-11-8-2)91-74(79)59-53-47-41-40-43-49-55-67(6)9-3/h66-70,75H,7-65H2,1-6H3,(H,80,81)(H,82,83)/t67?,68-,69-,70-/m1/s1. The predicted molar refractivity (Wildman–Crippen MR) is 377 cm³/mol. The van der Waals surface area contributed by atoms with Crippen molar-refractivity contribution < 1.29 is 80.2 Å². The molecule has 3 N–H and O–H groups in total. The minimum absolute atomic E-state index is 0.103. The van der Waals surface area contributed by atoms with E-state index in [-0.39, 0.29) is 25.7 Å². The molecule has 0 spiro atoms. The van der Waals surface area contributed by atoms with Gasteiger partial charge in [0.1, 0.15) is 19.3 Å². The van der Waals surface area contributed by atoms with Crippen molar-refractivity contribution in [2.45, 2.75) is 400 Å². The molecule has 19 heteroatoms. The summed E-state index contributed by atoms with van der Waals surface area (Å²) in [5.74, 6) is -0.648. The minimum Gasteiger partial charge on any atom is -0.462 e. The number of carbonyl (C=O) groups is 4. The molecule has 6 atom stereocenters. The number of phosphoric acid groups is 2. The zero-order valence-electron chi connectivity index (χ0n) is 60.6.